The van der Waals surface area contributed by atoms with Crippen molar-refractivity contribution in [1.29, 1.82) is 0 Å². The van der Waals surface area contributed by atoms with Crippen molar-refractivity contribution >= 4 is 39.9 Å². The maximum absolute atomic E-state index is 11.9. The van der Waals surface area contributed by atoms with Gasteiger partial charge in [-0.3, -0.25) is 9.69 Å². The molecule has 4 nitrogen and oxygen atoms in total. The van der Waals surface area contributed by atoms with Gasteiger partial charge in [-0.1, -0.05) is 15.9 Å². The van der Waals surface area contributed by atoms with Crippen LogP contribution < -0.4 is 11.1 Å². The summed E-state index contributed by atoms with van der Waals surface area (Å²) < 4.78 is 1.00. The molecule has 2 unspecified atom stereocenters. The molecule has 0 saturated carbocycles. The number of nitrogens with one attached hydrogen (secondary N) is 1. The Bertz CT molecular complexity index is 439. The maximum Gasteiger partial charge on any atom is 0.238 e. The van der Waals surface area contributed by atoms with Gasteiger partial charge in [0, 0.05) is 22.7 Å². The molecule has 20 heavy (non-hydrogen) atoms. The first kappa shape index (κ1) is 17.4. The number of halogens is 2. The highest BCUT2D eigenvalue weighted by atomic mass is 79.9. The van der Waals surface area contributed by atoms with Crippen LogP contribution in [0.1, 0.15) is 13.3 Å². The van der Waals surface area contributed by atoms with Crippen LogP contribution >= 0.6 is 28.3 Å². The zero-order valence-corrected chi connectivity index (χ0v) is 13.9. The molecule has 1 aliphatic heterocycles. The number of anilines is 1. The third kappa shape index (κ3) is 5.05. The van der Waals surface area contributed by atoms with Crippen molar-refractivity contribution in [3.8, 4) is 0 Å². The Morgan fingerprint density at radius 2 is 2.15 bits per heavy atom. The summed E-state index contributed by atoms with van der Waals surface area (Å²) in [6, 6.07) is 7.81. The zero-order valence-electron chi connectivity index (χ0n) is 11.5. The predicted octanol–water partition coefficient (Wildman–Crippen LogP) is 2.48. The normalized spacial score (nSPS) is 20.2. The number of nitrogens with zero attached hydrogens (tertiary/aromatic N) is 1. The maximum atomic E-state index is 11.9. The molecule has 1 amide bonds. The van der Waals surface area contributed by atoms with Gasteiger partial charge in [0.2, 0.25) is 5.91 Å². The first-order valence-electron chi connectivity index (χ1n) is 6.58. The first-order valence-corrected chi connectivity index (χ1v) is 7.37. The van der Waals surface area contributed by atoms with Gasteiger partial charge in [0.25, 0.3) is 0 Å². The largest absolute Gasteiger partial charge is 0.328 e. The summed E-state index contributed by atoms with van der Waals surface area (Å²) in [6.07, 6.45) is 1.09. The van der Waals surface area contributed by atoms with Crippen LogP contribution in [0.2, 0.25) is 0 Å². The van der Waals surface area contributed by atoms with E-state index < -0.39 is 0 Å². The van der Waals surface area contributed by atoms with Gasteiger partial charge in [-0.25, -0.2) is 0 Å². The lowest BCUT2D eigenvalue weighted by atomic mass is 10.0. The Hall–Kier alpha value is -0.620. The molecule has 3 N–H and O–H groups in total. The number of hydrogen-bond donors (Lipinski definition) is 2. The van der Waals surface area contributed by atoms with Gasteiger partial charge in [-0.15, -0.1) is 12.4 Å². The van der Waals surface area contributed by atoms with E-state index in [0.29, 0.717) is 12.5 Å². The van der Waals surface area contributed by atoms with E-state index >= 15 is 0 Å². The summed E-state index contributed by atoms with van der Waals surface area (Å²) in [5.41, 5.74) is 6.73. The summed E-state index contributed by atoms with van der Waals surface area (Å²) >= 11 is 3.37. The highest BCUT2D eigenvalue weighted by molar-refractivity contribution is 9.10. The van der Waals surface area contributed by atoms with Crippen LogP contribution in [0.15, 0.2) is 28.7 Å². The van der Waals surface area contributed by atoms with Gasteiger partial charge in [-0.2, -0.15) is 0 Å². The molecule has 112 valence electrons. The number of carbonyl (C=O) groups excluding carboxylic acids is 1. The molecule has 1 aromatic rings. The Balaban J connectivity index is 0.00000200. The molecule has 1 heterocycles. The van der Waals surface area contributed by atoms with Gasteiger partial charge in [-0.05, 0) is 50.1 Å². The minimum Gasteiger partial charge on any atom is -0.328 e. The predicted molar refractivity (Wildman–Crippen MR) is 88.2 cm³/mol. The van der Waals surface area contributed by atoms with Crippen LogP contribution in [0.4, 0.5) is 5.69 Å². The second kappa shape index (κ2) is 7.98. The fraction of sp³-hybridized carbons (Fsp3) is 0.500. The zero-order chi connectivity index (χ0) is 13.8. The average Bonchev–Trinajstić information content (AvgIpc) is 2.80. The summed E-state index contributed by atoms with van der Waals surface area (Å²) in [6.45, 7) is 4.36. The van der Waals surface area contributed by atoms with Crippen LogP contribution in [-0.2, 0) is 4.79 Å². The van der Waals surface area contributed by atoms with E-state index in [1.807, 2.05) is 31.2 Å². The number of rotatable bonds is 4. The number of carbonyl (C=O) groups is 1. The molecule has 2 atom stereocenters. The highest BCUT2D eigenvalue weighted by Crippen LogP contribution is 2.18. The van der Waals surface area contributed by atoms with Gasteiger partial charge >= 0.3 is 0 Å². The molecule has 1 aromatic carbocycles. The molecule has 1 saturated heterocycles. The van der Waals surface area contributed by atoms with E-state index in [4.69, 9.17) is 5.73 Å². The fourth-order valence-corrected chi connectivity index (χ4v) is 2.64. The van der Waals surface area contributed by atoms with Crippen molar-refractivity contribution in [1.82, 2.24) is 4.90 Å². The van der Waals surface area contributed by atoms with Gasteiger partial charge in [0.1, 0.15) is 0 Å². The summed E-state index contributed by atoms with van der Waals surface area (Å²) in [4.78, 5) is 14.1. The van der Waals surface area contributed by atoms with E-state index in [9.17, 15) is 4.79 Å². The Morgan fingerprint density at radius 1 is 1.50 bits per heavy atom. The number of amides is 1. The van der Waals surface area contributed by atoms with Crippen LogP contribution in [0, 0.1) is 5.92 Å². The third-order valence-corrected chi connectivity index (χ3v) is 4.08. The van der Waals surface area contributed by atoms with Crippen LogP contribution in [0.3, 0.4) is 0 Å². The highest BCUT2D eigenvalue weighted by Gasteiger charge is 2.26. The van der Waals surface area contributed by atoms with E-state index in [0.717, 1.165) is 29.7 Å². The Kier molecular flexibility index (Phi) is 6.95. The molecule has 1 fully saturated rings. The third-order valence-electron chi connectivity index (χ3n) is 3.55. The van der Waals surface area contributed by atoms with Crippen molar-refractivity contribution in [2.24, 2.45) is 11.7 Å². The minimum absolute atomic E-state index is 0. The molecule has 0 bridgehead atoms. The van der Waals surface area contributed by atoms with Gasteiger partial charge in [0.15, 0.2) is 0 Å². The van der Waals surface area contributed by atoms with Gasteiger partial charge < -0.3 is 11.1 Å². The fourth-order valence-electron chi connectivity index (χ4n) is 2.37. The van der Waals surface area contributed by atoms with Crippen molar-refractivity contribution in [2.45, 2.75) is 19.4 Å². The van der Waals surface area contributed by atoms with Crippen LogP contribution in [-0.4, -0.2) is 36.5 Å². The Morgan fingerprint density at radius 3 is 2.70 bits per heavy atom. The van der Waals surface area contributed by atoms with E-state index in [-0.39, 0.29) is 24.4 Å². The molecular weight excluding hydrogens is 342 g/mol. The smallest absolute Gasteiger partial charge is 0.238 e. The lowest BCUT2D eigenvalue weighted by Gasteiger charge is -2.17. The number of likely N-dealkylation sites (tertiary alicyclic amines) is 1. The topological polar surface area (TPSA) is 58.4 Å². The monoisotopic (exact) mass is 361 g/mol. The standard InChI is InChI=1S/C14H20BrN3O.ClH/c1-10(16)11-6-7-18(8-11)9-14(19)17-13-4-2-12(15)3-5-13;/h2-5,10-11H,6-9,16H2,1H3,(H,17,19);1H. The molecule has 6 heteroatoms. The summed E-state index contributed by atoms with van der Waals surface area (Å²) in [5.74, 6) is 0.549. The quantitative estimate of drug-likeness (QED) is 0.865. The number of nitrogens with two attached hydrogens (primary N) is 1. The molecule has 0 spiro atoms. The van der Waals surface area contributed by atoms with Crippen molar-refractivity contribution in [3.63, 3.8) is 0 Å². The molecule has 1 aliphatic rings. The first-order chi connectivity index (χ1) is 9.04. The second-order valence-electron chi connectivity index (χ2n) is 5.20. The molecule has 2 rings (SSSR count). The van der Waals surface area contributed by atoms with Crippen molar-refractivity contribution < 1.29 is 4.79 Å². The lowest BCUT2D eigenvalue weighted by Crippen LogP contribution is -2.34. The number of benzene rings is 1. The minimum atomic E-state index is 0. The number of hydrogen-bond acceptors (Lipinski definition) is 3. The van der Waals surface area contributed by atoms with Crippen LogP contribution in [0.5, 0.6) is 0 Å². The van der Waals surface area contributed by atoms with Crippen molar-refractivity contribution in [3.05, 3.63) is 28.7 Å². The Labute approximate surface area is 134 Å². The lowest BCUT2D eigenvalue weighted by molar-refractivity contribution is -0.117. The van der Waals surface area contributed by atoms with E-state index in [1.54, 1.807) is 0 Å². The molecular formula is C14H21BrClN3O. The van der Waals surface area contributed by atoms with Crippen molar-refractivity contribution in [2.75, 3.05) is 25.0 Å². The van der Waals surface area contributed by atoms with Crippen LogP contribution in [0.25, 0.3) is 0 Å². The molecule has 0 aliphatic carbocycles. The second-order valence-corrected chi connectivity index (χ2v) is 6.11. The molecule has 0 radical (unpaired) electrons. The average molecular weight is 363 g/mol. The molecule has 0 aromatic heterocycles. The van der Waals surface area contributed by atoms with E-state index in [1.165, 1.54) is 0 Å². The SMILES string of the molecule is CC(N)C1CCN(CC(=O)Nc2ccc(Br)cc2)C1.Cl. The van der Waals surface area contributed by atoms with Gasteiger partial charge in [0.05, 0.1) is 6.54 Å². The summed E-state index contributed by atoms with van der Waals surface area (Å²) in [7, 11) is 0. The van der Waals surface area contributed by atoms with E-state index in [2.05, 4.69) is 26.1 Å². The summed E-state index contributed by atoms with van der Waals surface area (Å²) in [5, 5.41) is 2.91.